The maximum atomic E-state index is 12.1. The highest BCUT2D eigenvalue weighted by atomic mass is 35.5. The van der Waals surface area contributed by atoms with Crippen LogP contribution in [0.4, 0.5) is 5.69 Å². The molecule has 0 fully saturated rings. The highest BCUT2D eigenvalue weighted by Crippen LogP contribution is 2.27. The molecule has 0 aliphatic carbocycles. The van der Waals surface area contributed by atoms with Crippen molar-refractivity contribution in [1.82, 2.24) is 14.9 Å². The molecule has 0 unspecified atom stereocenters. The molecule has 3 aromatic rings. The first kappa shape index (κ1) is 20.6. The van der Waals surface area contributed by atoms with Crippen LogP contribution in [-0.2, 0) is 4.79 Å². The Morgan fingerprint density at radius 2 is 2.17 bits per heavy atom. The van der Waals surface area contributed by atoms with Crippen LogP contribution in [0.5, 0.6) is 11.5 Å². The highest BCUT2D eigenvalue weighted by molar-refractivity contribution is 7.71. The number of hydrogen-bond donors (Lipinski definition) is 2. The van der Waals surface area contributed by atoms with E-state index >= 15 is 0 Å². The van der Waals surface area contributed by atoms with Gasteiger partial charge in [0.2, 0.25) is 4.77 Å². The standard InChI is InChI=1S/C19H18ClN5O3S/c1-12-23-24-19(29)25(12)21-10-13-6-7-16(17(8-13)27-2)28-11-18(26)22-15-5-3-4-14(20)9-15/h3-10H,11H2,1-2H3,(H,22,26)(H,24,29)/b21-10+. The predicted molar refractivity (Wildman–Crippen MR) is 114 cm³/mol. The number of carbonyl (C=O) groups excluding carboxylic acids is 1. The number of rotatable bonds is 7. The molecule has 1 amide bonds. The average molecular weight is 432 g/mol. The molecule has 0 spiro atoms. The lowest BCUT2D eigenvalue weighted by molar-refractivity contribution is -0.118. The summed E-state index contributed by atoms with van der Waals surface area (Å²) in [5.41, 5.74) is 1.36. The van der Waals surface area contributed by atoms with Gasteiger partial charge in [-0.25, -0.2) is 0 Å². The summed E-state index contributed by atoms with van der Waals surface area (Å²) in [6.45, 7) is 1.61. The Bertz CT molecular complexity index is 1110. The molecule has 0 bridgehead atoms. The number of carbonyl (C=O) groups is 1. The molecule has 10 heteroatoms. The Morgan fingerprint density at radius 1 is 1.34 bits per heavy atom. The number of aromatic nitrogens is 3. The number of aryl methyl sites for hydroxylation is 1. The second kappa shape index (κ2) is 9.35. The van der Waals surface area contributed by atoms with Crippen molar-refractivity contribution in [2.75, 3.05) is 19.0 Å². The van der Waals surface area contributed by atoms with Crippen LogP contribution >= 0.6 is 23.8 Å². The molecule has 1 aromatic heterocycles. The van der Waals surface area contributed by atoms with Gasteiger partial charge in [0.15, 0.2) is 18.1 Å². The Balaban J connectivity index is 1.66. The Kier molecular flexibility index (Phi) is 6.63. The number of ether oxygens (including phenoxy) is 2. The van der Waals surface area contributed by atoms with Gasteiger partial charge in [0, 0.05) is 10.7 Å². The zero-order valence-electron chi connectivity index (χ0n) is 15.7. The van der Waals surface area contributed by atoms with Crippen molar-refractivity contribution in [3.8, 4) is 11.5 Å². The first-order chi connectivity index (χ1) is 14.0. The van der Waals surface area contributed by atoms with Crippen molar-refractivity contribution in [2.24, 2.45) is 5.10 Å². The summed E-state index contributed by atoms with van der Waals surface area (Å²) in [5.74, 6) is 1.23. The molecule has 0 aliphatic heterocycles. The predicted octanol–water partition coefficient (Wildman–Crippen LogP) is 3.81. The summed E-state index contributed by atoms with van der Waals surface area (Å²) >= 11 is 11.0. The summed E-state index contributed by atoms with van der Waals surface area (Å²) in [6, 6.07) is 12.1. The minimum absolute atomic E-state index is 0.181. The molecule has 3 rings (SSSR count). The normalized spacial score (nSPS) is 10.9. The largest absolute Gasteiger partial charge is 0.493 e. The molecule has 0 atom stereocenters. The third kappa shape index (κ3) is 5.43. The van der Waals surface area contributed by atoms with E-state index in [1.54, 1.807) is 55.6 Å². The van der Waals surface area contributed by atoms with E-state index in [1.807, 2.05) is 0 Å². The van der Waals surface area contributed by atoms with E-state index in [1.165, 1.54) is 11.8 Å². The second-order valence-corrected chi connectivity index (χ2v) is 6.71. The number of nitrogens with one attached hydrogen (secondary N) is 2. The number of anilines is 1. The molecule has 2 N–H and O–H groups in total. The number of halogens is 1. The van der Waals surface area contributed by atoms with Crippen LogP contribution in [0, 0.1) is 11.7 Å². The van der Waals surface area contributed by atoms with Gasteiger partial charge in [0.05, 0.1) is 13.3 Å². The van der Waals surface area contributed by atoms with Gasteiger partial charge < -0.3 is 14.8 Å². The van der Waals surface area contributed by atoms with Crippen LogP contribution in [0.25, 0.3) is 0 Å². The SMILES string of the molecule is COc1cc(/C=N/n2c(C)n[nH]c2=S)ccc1OCC(=O)Nc1cccc(Cl)c1. The van der Waals surface area contributed by atoms with Crippen molar-refractivity contribution >= 4 is 41.6 Å². The number of benzene rings is 2. The Labute approximate surface area is 177 Å². The molecule has 1 heterocycles. The third-order valence-electron chi connectivity index (χ3n) is 3.79. The number of methoxy groups -OCH3 is 1. The lowest BCUT2D eigenvalue weighted by Gasteiger charge is -2.11. The maximum Gasteiger partial charge on any atom is 0.262 e. The molecule has 0 radical (unpaired) electrons. The van der Waals surface area contributed by atoms with Gasteiger partial charge in [0.1, 0.15) is 5.82 Å². The first-order valence-corrected chi connectivity index (χ1v) is 9.29. The molecule has 2 aromatic carbocycles. The van der Waals surface area contributed by atoms with Gasteiger partial charge in [-0.3, -0.25) is 9.89 Å². The van der Waals surface area contributed by atoms with Crippen LogP contribution in [-0.4, -0.2) is 40.7 Å². The smallest absolute Gasteiger partial charge is 0.262 e. The van der Waals surface area contributed by atoms with Crippen molar-refractivity contribution in [3.63, 3.8) is 0 Å². The van der Waals surface area contributed by atoms with Gasteiger partial charge in [-0.05, 0) is 61.1 Å². The minimum atomic E-state index is -0.315. The van der Waals surface area contributed by atoms with Crippen molar-refractivity contribution in [1.29, 1.82) is 0 Å². The second-order valence-electron chi connectivity index (χ2n) is 5.89. The van der Waals surface area contributed by atoms with Crippen molar-refractivity contribution in [2.45, 2.75) is 6.92 Å². The van der Waals surface area contributed by atoms with Crippen LogP contribution in [0.1, 0.15) is 11.4 Å². The highest BCUT2D eigenvalue weighted by Gasteiger charge is 2.09. The molecule has 8 nitrogen and oxygen atoms in total. The minimum Gasteiger partial charge on any atom is -0.493 e. The van der Waals surface area contributed by atoms with Gasteiger partial charge in [-0.2, -0.15) is 14.9 Å². The van der Waals surface area contributed by atoms with E-state index in [9.17, 15) is 4.79 Å². The average Bonchev–Trinajstić information content (AvgIpc) is 3.02. The van der Waals surface area contributed by atoms with Crippen LogP contribution in [0.15, 0.2) is 47.6 Å². The number of H-pyrrole nitrogens is 1. The lowest BCUT2D eigenvalue weighted by atomic mass is 10.2. The summed E-state index contributed by atoms with van der Waals surface area (Å²) in [7, 11) is 1.52. The number of nitrogens with zero attached hydrogens (tertiary/aromatic N) is 3. The van der Waals surface area contributed by atoms with Crippen molar-refractivity contribution in [3.05, 3.63) is 63.6 Å². The molecule has 0 saturated carbocycles. The molecule has 0 aliphatic rings. The van der Waals surface area contributed by atoms with E-state index in [4.69, 9.17) is 33.3 Å². The van der Waals surface area contributed by atoms with Crippen LogP contribution in [0.2, 0.25) is 5.02 Å². The fourth-order valence-electron chi connectivity index (χ4n) is 2.42. The molecule has 0 saturated heterocycles. The number of amides is 1. The lowest BCUT2D eigenvalue weighted by Crippen LogP contribution is -2.20. The zero-order chi connectivity index (χ0) is 20.8. The quantitative estimate of drug-likeness (QED) is 0.438. The fourth-order valence-corrected chi connectivity index (χ4v) is 2.84. The third-order valence-corrected chi connectivity index (χ3v) is 4.29. The van der Waals surface area contributed by atoms with Gasteiger partial charge in [-0.1, -0.05) is 17.7 Å². The van der Waals surface area contributed by atoms with E-state index in [2.05, 4.69) is 20.6 Å². The van der Waals surface area contributed by atoms with E-state index in [-0.39, 0.29) is 12.5 Å². The van der Waals surface area contributed by atoms with Crippen LogP contribution in [0.3, 0.4) is 0 Å². The topological polar surface area (TPSA) is 93.5 Å². The molecule has 150 valence electrons. The maximum absolute atomic E-state index is 12.1. The zero-order valence-corrected chi connectivity index (χ0v) is 17.3. The number of aromatic amines is 1. The Morgan fingerprint density at radius 3 is 2.86 bits per heavy atom. The summed E-state index contributed by atoms with van der Waals surface area (Å²) in [6.07, 6.45) is 1.62. The van der Waals surface area contributed by atoms with Gasteiger partial charge in [-0.15, -0.1) is 0 Å². The molecular formula is C19H18ClN5O3S. The molecule has 29 heavy (non-hydrogen) atoms. The summed E-state index contributed by atoms with van der Waals surface area (Å²) in [4.78, 5) is 12.1. The fraction of sp³-hybridized carbons (Fsp3) is 0.158. The van der Waals surface area contributed by atoms with Gasteiger partial charge in [0.25, 0.3) is 5.91 Å². The summed E-state index contributed by atoms with van der Waals surface area (Å²) < 4.78 is 12.8. The Hall–Kier alpha value is -3.17. The number of hydrogen-bond acceptors (Lipinski definition) is 6. The van der Waals surface area contributed by atoms with E-state index in [0.29, 0.717) is 32.8 Å². The summed E-state index contributed by atoms with van der Waals surface area (Å²) in [5, 5.41) is 14.2. The van der Waals surface area contributed by atoms with E-state index < -0.39 is 0 Å². The van der Waals surface area contributed by atoms with Gasteiger partial charge >= 0.3 is 0 Å². The van der Waals surface area contributed by atoms with Crippen LogP contribution < -0.4 is 14.8 Å². The van der Waals surface area contributed by atoms with Crippen molar-refractivity contribution < 1.29 is 14.3 Å². The monoisotopic (exact) mass is 431 g/mol. The first-order valence-electron chi connectivity index (χ1n) is 8.51. The molecular weight excluding hydrogens is 414 g/mol. The van der Waals surface area contributed by atoms with E-state index in [0.717, 1.165) is 5.56 Å².